The number of benzene rings is 2. The number of fused-ring (bicyclic) bond motifs is 1. The van der Waals surface area contributed by atoms with E-state index in [0.717, 1.165) is 48.4 Å². The van der Waals surface area contributed by atoms with E-state index in [0.29, 0.717) is 18.0 Å². The van der Waals surface area contributed by atoms with E-state index in [2.05, 4.69) is 35.2 Å². The maximum Gasteiger partial charge on any atom is 0.291 e. The van der Waals surface area contributed by atoms with Crippen molar-refractivity contribution in [3.8, 4) is 0 Å². The number of carbonyl (C=O) groups excluding carboxylic acids is 1. The number of likely N-dealkylation sites (N-methyl/N-ethyl adjacent to an activating group) is 1. The zero-order valence-electron chi connectivity index (χ0n) is 17.2. The van der Waals surface area contributed by atoms with Gasteiger partial charge >= 0.3 is 0 Å². The van der Waals surface area contributed by atoms with E-state index in [1.54, 1.807) is 7.11 Å². The first-order chi connectivity index (χ1) is 14.1. The van der Waals surface area contributed by atoms with Crippen LogP contribution >= 0.6 is 0 Å². The number of para-hydroxylation sites is 1. The first kappa shape index (κ1) is 19.5. The molecule has 2 heterocycles. The molecule has 0 atom stereocenters. The molecule has 3 aromatic rings. The predicted octanol–water partition coefficient (Wildman–Crippen LogP) is 3.89. The minimum atomic E-state index is -0.264. The lowest BCUT2D eigenvalue weighted by Gasteiger charge is -2.35. The highest BCUT2D eigenvalue weighted by atomic mass is 16.5. The molecule has 0 saturated carbocycles. The second kappa shape index (κ2) is 8.27. The maximum atomic E-state index is 12.9. The summed E-state index contributed by atoms with van der Waals surface area (Å²) < 4.78 is 11.1. The molecule has 1 fully saturated rings. The average Bonchev–Trinajstić information content (AvgIpc) is 3.08. The Bertz CT molecular complexity index is 1020. The third kappa shape index (κ3) is 3.99. The van der Waals surface area contributed by atoms with Crippen molar-refractivity contribution >= 4 is 28.3 Å². The standard InChI is InChI=1S/C23H27N3O3/c1-16-14-17(8-9-20(16)26-12-10-25(2)11-13-26)24-23(27)22-19(15-28-3)18-6-4-5-7-21(18)29-22/h4-9,14H,10-13,15H2,1-3H3,(H,24,27). The fourth-order valence-corrected chi connectivity index (χ4v) is 3.89. The number of piperazine rings is 1. The van der Waals surface area contributed by atoms with Crippen LogP contribution in [0.25, 0.3) is 11.0 Å². The molecule has 1 aliphatic heterocycles. The number of rotatable bonds is 5. The number of nitrogens with zero attached hydrogens (tertiary/aromatic N) is 2. The summed E-state index contributed by atoms with van der Waals surface area (Å²) in [6, 6.07) is 13.7. The van der Waals surface area contributed by atoms with Gasteiger partial charge in [-0.15, -0.1) is 0 Å². The highest BCUT2D eigenvalue weighted by Gasteiger charge is 2.21. The molecular weight excluding hydrogens is 366 g/mol. The topological polar surface area (TPSA) is 58.0 Å². The number of nitrogens with one attached hydrogen (secondary N) is 1. The lowest BCUT2D eigenvalue weighted by Crippen LogP contribution is -2.44. The van der Waals surface area contributed by atoms with Crippen LogP contribution in [0.1, 0.15) is 21.7 Å². The summed E-state index contributed by atoms with van der Waals surface area (Å²) >= 11 is 0. The van der Waals surface area contributed by atoms with Gasteiger partial charge in [-0.2, -0.15) is 0 Å². The molecule has 0 radical (unpaired) electrons. The van der Waals surface area contributed by atoms with Gasteiger partial charge in [0, 0.05) is 55.6 Å². The van der Waals surface area contributed by atoms with Crippen LogP contribution in [-0.4, -0.2) is 51.1 Å². The Hall–Kier alpha value is -2.83. The minimum absolute atomic E-state index is 0.264. The zero-order chi connectivity index (χ0) is 20.4. The van der Waals surface area contributed by atoms with Crippen LogP contribution in [0.15, 0.2) is 46.9 Å². The molecule has 1 amide bonds. The summed E-state index contributed by atoms with van der Waals surface area (Å²) in [7, 11) is 3.77. The van der Waals surface area contributed by atoms with Gasteiger partial charge in [-0.1, -0.05) is 18.2 Å². The van der Waals surface area contributed by atoms with Crippen molar-refractivity contribution in [3.05, 3.63) is 59.4 Å². The molecule has 0 aliphatic carbocycles. The Balaban J connectivity index is 1.55. The van der Waals surface area contributed by atoms with Gasteiger partial charge in [-0.05, 0) is 43.8 Å². The van der Waals surface area contributed by atoms with Crippen LogP contribution in [0.5, 0.6) is 0 Å². The number of carbonyl (C=O) groups is 1. The summed E-state index contributed by atoms with van der Waals surface area (Å²) in [4.78, 5) is 17.7. The normalized spacial score (nSPS) is 15.1. The summed E-state index contributed by atoms with van der Waals surface area (Å²) in [5.74, 6) is 0.0360. The molecule has 6 heteroatoms. The van der Waals surface area contributed by atoms with Crippen molar-refractivity contribution in [2.45, 2.75) is 13.5 Å². The number of amides is 1. The summed E-state index contributed by atoms with van der Waals surface area (Å²) in [5, 5.41) is 3.88. The highest BCUT2D eigenvalue weighted by Crippen LogP contribution is 2.29. The average molecular weight is 393 g/mol. The summed E-state index contributed by atoms with van der Waals surface area (Å²) in [6.07, 6.45) is 0. The molecule has 0 bridgehead atoms. The molecule has 1 aromatic heterocycles. The van der Waals surface area contributed by atoms with E-state index in [1.807, 2.05) is 36.4 Å². The molecule has 4 rings (SSSR count). The SMILES string of the molecule is COCc1c(C(=O)Nc2ccc(N3CCN(C)CC3)c(C)c2)oc2ccccc12. The Morgan fingerprint density at radius 1 is 1.14 bits per heavy atom. The van der Waals surface area contributed by atoms with Gasteiger partial charge in [-0.25, -0.2) is 0 Å². The van der Waals surface area contributed by atoms with Gasteiger partial charge in [-0.3, -0.25) is 4.79 Å². The Morgan fingerprint density at radius 2 is 1.90 bits per heavy atom. The first-order valence-electron chi connectivity index (χ1n) is 9.91. The van der Waals surface area contributed by atoms with Crippen LogP contribution in [0.3, 0.4) is 0 Å². The lowest BCUT2D eigenvalue weighted by molar-refractivity contribution is 0.0992. The molecule has 29 heavy (non-hydrogen) atoms. The molecule has 1 N–H and O–H groups in total. The van der Waals surface area contributed by atoms with Crippen molar-refractivity contribution < 1.29 is 13.9 Å². The fourth-order valence-electron chi connectivity index (χ4n) is 3.89. The van der Waals surface area contributed by atoms with Crippen LogP contribution in [0, 0.1) is 6.92 Å². The zero-order valence-corrected chi connectivity index (χ0v) is 17.2. The number of methoxy groups -OCH3 is 1. The van der Waals surface area contributed by atoms with Gasteiger partial charge < -0.3 is 24.3 Å². The van der Waals surface area contributed by atoms with E-state index in [4.69, 9.17) is 9.15 Å². The van der Waals surface area contributed by atoms with Crippen molar-refractivity contribution in [3.63, 3.8) is 0 Å². The summed E-state index contributed by atoms with van der Waals surface area (Å²) in [5.41, 5.74) is 4.58. The van der Waals surface area contributed by atoms with Gasteiger partial charge in [0.2, 0.25) is 0 Å². The highest BCUT2D eigenvalue weighted by molar-refractivity contribution is 6.06. The number of ether oxygens (including phenoxy) is 1. The van der Waals surface area contributed by atoms with Crippen molar-refractivity contribution in [2.24, 2.45) is 0 Å². The second-order valence-corrected chi connectivity index (χ2v) is 7.58. The third-order valence-electron chi connectivity index (χ3n) is 5.49. The molecule has 1 saturated heterocycles. The number of hydrogen-bond donors (Lipinski definition) is 1. The molecule has 152 valence electrons. The Morgan fingerprint density at radius 3 is 2.62 bits per heavy atom. The molecule has 0 unspecified atom stereocenters. The summed E-state index contributed by atoms with van der Waals surface area (Å²) in [6.45, 7) is 6.56. The molecule has 6 nitrogen and oxygen atoms in total. The van der Waals surface area contributed by atoms with Crippen LogP contribution in [0.4, 0.5) is 11.4 Å². The maximum absolute atomic E-state index is 12.9. The van der Waals surface area contributed by atoms with Gasteiger partial charge in [0.15, 0.2) is 5.76 Å². The van der Waals surface area contributed by atoms with E-state index < -0.39 is 0 Å². The minimum Gasteiger partial charge on any atom is -0.451 e. The van der Waals surface area contributed by atoms with E-state index >= 15 is 0 Å². The number of hydrogen-bond acceptors (Lipinski definition) is 5. The van der Waals surface area contributed by atoms with E-state index in [9.17, 15) is 4.79 Å². The van der Waals surface area contributed by atoms with Gasteiger partial charge in [0.05, 0.1) is 6.61 Å². The van der Waals surface area contributed by atoms with E-state index in [1.165, 1.54) is 5.69 Å². The van der Waals surface area contributed by atoms with Crippen molar-refractivity contribution in [2.75, 3.05) is 50.6 Å². The predicted molar refractivity (Wildman–Crippen MR) is 116 cm³/mol. The molecule has 2 aromatic carbocycles. The van der Waals surface area contributed by atoms with Crippen LogP contribution in [0.2, 0.25) is 0 Å². The second-order valence-electron chi connectivity index (χ2n) is 7.58. The number of anilines is 2. The van der Waals surface area contributed by atoms with Gasteiger partial charge in [0.25, 0.3) is 5.91 Å². The quantitative estimate of drug-likeness (QED) is 0.713. The first-order valence-corrected chi connectivity index (χ1v) is 9.91. The molecule has 0 spiro atoms. The monoisotopic (exact) mass is 393 g/mol. The van der Waals surface area contributed by atoms with Gasteiger partial charge in [0.1, 0.15) is 5.58 Å². The van der Waals surface area contributed by atoms with Crippen molar-refractivity contribution in [1.29, 1.82) is 0 Å². The van der Waals surface area contributed by atoms with Crippen molar-refractivity contribution in [1.82, 2.24) is 4.90 Å². The Labute approximate surface area is 171 Å². The largest absolute Gasteiger partial charge is 0.451 e. The number of furan rings is 1. The van der Waals surface area contributed by atoms with Crippen LogP contribution < -0.4 is 10.2 Å². The lowest BCUT2D eigenvalue weighted by atomic mass is 10.1. The smallest absolute Gasteiger partial charge is 0.291 e. The fraction of sp³-hybridized carbons (Fsp3) is 0.348. The Kier molecular flexibility index (Phi) is 5.56. The third-order valence-corrected chi connectivity index (χ3v) is 5.49. The molecule has 1 aliphatic rings. The van der Waals surface area contributed by atoms with Crippen LogP contribution in [-0.2, 0) is 11.3 Å². The molecular formula is C23H27N3O3. The van der Waals surface area contributed by atoms with E-state index in [-0.39, 0.29) is 5.91 Å². The number of aryl methyl sites for hydroxylation is 1.